The zero-order valence-corrected chi connectivity index (χ0v) is 29.0. The third kappa shape index (κ3) is 13.8. The van der Waals surface area contributed by atoms with Crippen LogP contribution in [0.4, 0.5) is 5.95 Å². The Hall–Kier alpha value is -8.31. The van der Waals surface area contributed by atoms with Crippen molar-refractivity contribution in [1.29, 1.82) is 5.53 Å². The fourth-order valence-electron chi connectivity index (χ4n) is 3.98. The second kappa shape index (κ2) is 23.9. The molecule has 0 amide bonds. The number of pyridine rings is 1. The van der Waals surface area contributed by atoms with Crippen LogP contribution in [0.1, 0.15) is 47.9 Å². The highest BCUT2D eigenvalue weighted by Gasteiger charge is 2.18. The van der Waals surface area contributed by atoms with E-state index in [1.54, 1.807) is 13.8 Å². The van der Waals surface area contributed by atoms with Crippen molar-refractivity contribution in [2.24, 2.45) is 21.0 Å². The number of fused-ring (bicyclic) bond motifs is 1. The van der Waals surface area contributed by atoms with Crippen LogP contribution in [-0.2, 0) is 0 Å². The first kappa shape index (κ1) is 39.9. The fraction of sp³-hybridized carbons (Fsp3) is 0.175. The normalized spacial score (nSPS) is 8.12. The first-order valence-corrected chi connectivity index (χ1v) is 15.0. The lowest BCUT2D eigenvalue weighted by Gasteiger charge is -2.09. The van der Waals surface area contributed by atoms with Crippen LogP contribution in [0.2, 0.25) is 0 Å². The fourth-order valence-corrected chi connectivity index (χ4v) is 3.98. The van der Waals surface area contributed by atoms with Gasteiger partial charge >= 0.3 is 0 Å². The van der Waals surface area contributed by atoms with Gasteiger partial charge in [0.25, 0.3) is 0 Å². The van der Waals surface area contributed by atoms with Crippen LogP contribution in [0, 0.1) is 138 Å². The number of benzene rings is 1. The van der Waals surface area contributed by atoms with Gasteiger partial charge in [-0.2, -0.15) is 5.53 Å². The van der Waals surface area contributed by atoms with Gasteiger partial charge in [-0.25, -0.2) is 4.98 Å². The van der Waals surface area contributed by atoms with E-state index in [0.717, 1.165) is 62.9 Å². The number of nitrogens with one attached hydrogen (secondary N) is 3. The number of aromatic nitrogens is 4. The monoisotopic (exact) mass is 694 g/mol. The molecule has 0 saturated heterocycles. The van der Waals surface area contributed by atoms with Crippen molar-refractivity contribution in [1.82, 2.24) is 20.1 Å². The summed E-state index contributed by atoms with van der Waals surface area (Å²) in [6, 6.07) is 8.28. The summed E-state index contributed by atoms with van der Waals surface area (Å²) in [6.45, 7) is 12.2. The van der Waals surface area contributed by atoms with Gasteiger partial charge in [-0.05, 0) is 170 Å². The lowest BCUT2D eigenvalue weighted by molar-refractivity contribution is 0.393. The van der Waals surface area contributed by atoms with Gasteiger partial charge in [0.1, 0.15) is 11.0 Å². The Bertz CT molecular complexity index is 2460. The molecule has 0 fully saturated rings. The lowest BCUT2D eigenvalue weighted by atomic mass is 9.96. The summed E-state index contributed by atoms with van der Waals surface area (Å²) < 4.78 is 5.37. The quantitative estimate of drug-likeness (QED) is 0.0791. The van der Waals surface area contributed by atoms with E-state index in [0.29, 0.717) is 0 Å². The van der Waals surface area contributed by atoms with Crippen molar-refractivity contribution in [2.75, 3.05) is 11.9 Å². The number of nitroso groups, excluding NO2 is 1. The summed E-state index contributed by atoms with van der Waals surface area (Å²) in [5.74, 6) is 47.2. The predicted molar refractivity (Wildman–Crippen MR) is 215 cm³/mol. The molecule has 3 aromatic heterocycles. The summed E-state index contributed by atoms with van der Waals surface area (Å²) in [7, 11) is 0. The predicted octanol–water partition coefficient (Wildman–Crippen LogP) is 8.48. The number of H-pyrrole nitrogens is 1. The Kier molecular flexibility index (Phi) is 18.3. The van der Waals surface area contributed by atoms with Crippen LogP contribution in [-0.4, -0.2) is 26.7 Å². The zero-order valence-electron chi connectivity index (χ0n) is 29.0. The third-order valence-electron chi connectivity index (χ3n) is 5.86. The molecule has 0 spiro atoms. The number of hydrogen-bond donors (Lipinski definition) is 3. The van der Waals surface area contributed by atoms with E-state index in [1.165, 1.54) is 0 Å². The van der Waals surface area contributed by atoms with Crippen molar-refractivity contribution >= 4 is 17.0 Å². The van der Waals surface area contributed by atoms with Gasteiger partial charge in [0.15, 0.2) is 0 Å². The van der Waals surface area contributed by atoms with Gasteiger partial charge in [-0.3, -0.25) is 4.98 Å². The molecule has 0 radical (unpaired) electrons. The van der Waals surface area contributed by atoms with Crippen LogP contribution in [0.15, 0.2) is 55.9 Å². The van der Waals surface area contributed by atoms with Crippen molar-refractivity contribution < 1.29 is 14.5 Å². The zero-order chi connectivity index (χ0) is 37.8. The van der Waals surface area contributed by atoms with Gasteiger partial charge < -0.3 is 14.8 Å². The molecule has 0 saturated carbocycles. The summed E-state index contributed by atoms with van der Waals surface area (Å²) in [5.41, 5.74) is 13.8. The highest BCUT2D eigenvalue weighted by atomic mass is 16.5. The second-order valence-electron chi connectivity index (χ2n) is 9.23. The van der Waals surface area contributed by atoms with Crippen LogP contribution >= 0.6 is 0 Å². The highest BCUT2D eigenvalue weighted by molar-refractivity contribution is 5.97. The molecule has 0 aliphatic heterocycles. The molecule has 3 N–H and O–H groups in total. The minimum atomic E-state index is 0. The Morgan fingerprint density at radius 2 is 1.37 bits per heavy atom. The lowest BCUT2D eigenvalue weighted by Crippen LogP contribution is -1.97. The van der Waals surface area contributed by atoms with E-state index in [4.69, 9.17) is 19.9 Å². The molecule has 0 bridgehead atoms. The Labute approximate surface area is 312 Å². The largest absolute Gasteiger partial charge is 0.361 e. The third-order valence-corrected chi connectivity index (χ3v) is 5.86. The van der Waals surface area contributed by atoms with Gasteiger partial charge in [0.2, 0.25) is 5.95 Å². The average Bonchev–Trinajstić information content (AvgIpc) is 3.72. The van der Waals surface area contributed by atoms with Crippen LogP contribution in [0.3, 0.4) is 0 Å². The molecule has 0 aliphatic rings. The van der Waals surface area contributed by atoms with E-state index < -0.39 is 0 Å². The maximum atomic E-state index is 8.91. The molecule has 52 heavy (non-hydrogen) atoms. The van der Waals surface area contributed by atoms with Crippen LogP contribution < -0.4 is 5.32 Å². The first-order valence-electron chi connectivity index (χ1n) is 15.0. The molecule has 264 valence electrons. The van der Waals surface area contributed by atoms with E-state index >= 15 is 0 Å². The molecule has 12 nitrogen and oxygen atoms in total. The summed E-state index contributed by atoms with van der Waals surface area (Å²) in [6.07, 6.45) is 1.81. The van der Waals surface area contributed by atoms with E-state index in [1.807, 2.05) is 38.3 Å². The minimum absolute atomic E-state index is 0. The van der Waals surface area contributed by atoms with Crippen molar-refractivity contribution in [3.05, 3.63) is 52.5 Å². The van der Waals surface area contributed by atoms with E-state index in [9.17, 15) is 0 Å². The smallest absolute Gasteiger partial charge is 0.201 e. The molecule has 3 heterocycles. The Morgan fingerprint density at radius 3 is 1.79 bits per heavy atom. The average molecular weight is 695 g/mol. The second-order valence-corrected chi connectivity index (χ2v) is 9.23. The number of anilines is 1. The van der Waals surface area contributed by atoms with Crippen LogP contribution in [0.5, 0.6) is 0 Å². The molecule has 12 heteroatoms. The highest BCUT2D eigenvalue weighted by Crippen LogP contribution is 2.36. The standard InChI is InChI=1S/C20H21N5O.C20H6.HN5O.7H2/c1-5-21-20-23-17-10-14(18-12(3)25-26-13(18)4)9-16(19(17)24-20)15-7-6-8-22-11(15)2;1-3-5-7-9-11-13-15-17-19-20-18-16-14-12-10-8-6-4-2;1-2-3-4-5-6;;;;;;;/h6-10H,5H2,1-4H3,(H2,21,23,24);1-2H3;1H;7*1H/b;;2-1?,4-3+;;;;;;;. The molecular weight excluding hydrogens is 653 g/mol. The summed E-state index contributed by atoms with van der Waals surface area (Å²) in [4.78, 5) is 21.5. The number of aromatic amines is 1. The van der Waals surface area contributed by atoms with E-state index in [2.05, 4.69) is 168 Å². The molecule has 0 unspecified atom stereocenters. The summed E-state index contributed by atoms with van der Waals surface area (Å²) in [5, 5.41) is 16.6. The van der Waals surface area contributed by atoms with Crippen molar-refractivity contribution in [2.45, 2.75) is 41.5 Å². The molecule has 4 rings (SSSR count). The maximum Gasteiger partial charge on any atom is 0.201 e. The minimum Gasteiger partial charge on any atom is -0.361 e. The summed E-state index contributed by atoms with van der Waals surface area (Å²) >= 11 is 0. The van der Waals surface area contributed by atoms with Crippen molar-refractivity contribution in [3.63, 3.8) is 0 Å². The van der Waals surface area contributed by atoms with Gasteiger partial charge in [-0.15, -0.1) is 4.91 Å². The number of hydrogen-bond acceptors (Lipinski definition) is 7. The first-order chi connectivity index (χ1) is 25.4. The van der Waals surface area contributed by atoms with Crippen LogP contribution in [0.25, 0.3) is 33.3 Å². The Balaban J connectivity index is -0.000000193. The number of nitrogens with zero attached hydrogens (tertiary/aromatic N) is 7. The number of rotatable bonds is 6. The number of imidazole rings is 1. The van der Waals surface area contributed by atoms with Crippen molar-refractivity contribution in [3.8, 4) is 129 Å². The Morgan fingerprint density at radius 1 is 0.808 bits per heavy atom. The van der Waals surface area contributed by atoms with Gasteiger partial charge in [0, 0.05) is 50.3 Å². The molecule has 0 atom stereocenters. The van der Waals surface area contributed by atoms with Gasteiger partial charge in [-0.1, -0.05) is 23.1 Å². The topological polar surface area (TPSA) is 170 Å². The SMILES string of the molecule is CC#CC#CC#CC#CC#CC#CC#CC#CC#CC.CCNc1nc2c(-c3cccnc3C)cc(-c3c(C)noc3C)cc2[nH]1.N=N/N=N/N=O.[HH].[HH].[HH].[HH].[HH].[HH].[HH]. The number of aryl methyl sites for hydroxylation is 3. The molecular formula is C40H42N10O2. The molecule has 0 aliphatic carbocycles. The maximum absolute atomic E-state index is 8.91. The van der Waals surface area contributed by atoms with Gasteiger partial charge in [0.05, 0.1) is 16.7 Å². The van der Waals surface area contributed by atoms with E-state index in [-0.39, 0.29) is 9.99 Å². The molecule has 4 aromatic rings. The molecule has 1 aromatic carbocycles.